The summed E-state index contributed by atoms with van der Waals surface area (Å²) in [6, 6.07) is 9.98. The minimum absolute atomic E-state index is 0.00559. The number of morpholine rings is 1. The summed E-state index contributed by atoms with van der Waals surface area (Å²) >= 11 is 0. The van der Waals surface area contributed by atoms with Crippen molar-refractivity contribution in [3.05, 3.63) is 53.5 Å². The Labute approximate surface area is 152 Å². The molecular formula is C19H23N5O2. The van der Waals surface area contributed by atoms with Gasteiger partial charge in [0.05, 0.1) is 31.5 Å². The number of anilines is 1. The molecule has 1 atom stereocenters. The molecule has 4 rings (SSSR count). The number of fused-ring (bicyclic) bond motifs is 1. The minimum Gasteiger partial charge on any atom is -0.378 e. The van der Waals surface area contributed by atoms with Crippen molar-refractivity contribution in [1.82, 2.24) is 20.6 Å². The number of benzene rings is 1. The highest BCUT2D eigenvalue weighted by Gasteiger charge is 2.23. The second-order valence-electron chi connectivity index (χ2n) is 6.59. The van der Waals surface area contributed by atoms with Crippen LogP contribution >= 0.6 is 0 Å². The standard InChI is InChI=1S/C19H23N5O2/c25-19(17-9-14-3-1-2-4-15(14)11-20-17)21-12-16-10-18(23-13-22-16)24-5-7-26-8-6-24/h1-4,10,13,17,20H,5-9,11-12H2,(H,21,25)/t17-/m1/s1. The number of nitrogens with one attached hydrogen (secondary N) is 2. The van der Waals surface area contributed by atoms with E-state index in [-0.39, 0.29) is 11.9 Å². The lowest BCUT2D eigenvalue weighted by molar-refractivity contribution is -0.123. The van der Waals surface area contributed by atoms with Crippen LogP contribution < -0.4 is 15.5 Å². The first-order valence-corrected chi connectivity index (χ1v) is 9.01. The number of ether oxygens (including phenoxy) is 1. The van der Waals surface area contributed by atoms with E-state index in [0.29, 0.717) is 26.2 Å². The number of hydrogen-bond donors (Lipinski definition) is 2. The van der Waals surface area contributed by atoms with Gasteiger partial charge >= 0.3 is 0 Å². The number of amides is 1. The summed E-state index contributed by atoms with van der Waals surface area (Å²) in [5.74, 6) is 0.892. The molecule has 0 spiro atoms. The Morgan fingerprint density at radius 1 is 1.23 bits per heavy atom. The van der Waals surface area contributed by atoms with E-state index >= 15 is 0 Å². The van der Waals surface area contributed by atoms with Gasteiger partial charge in [-0.3, -0.25) is 4.79 Å². The lowest BCUT2D eigenvalue weighted by atomic mass is 9.95. The average Bonchev–Trinajstić information content (AvgIpc) is 2.72. The third-order valence-electron chi connectivity index (χ3n) is 4.89. The molecule has 2 aromatic rings. The van der Waals surface area contributed by atoms with E-state index in [1.165, 1.54) is 11.1 Å². The normalized spacial score (nSPS) is 19.7. The summed E-state index contributed by atoms with van der Waals surface area (Å²) in [6.45, 7) is 4.21. The maximum Gasteiger partial charge on any atom is 0.237 e. The molecule has 0 unspecified atom stereocenters. The molecule has 0 aliphatic carbocycles. The number of aromatic nitrogens is 2. The van der Waals surface area contributed by atoms with Crippen LogP contribution in [0.1, 0.15) is 16.8 Å². The van der Waals surface area contributed by atoms with Crippen molar-refractivity contribution in [3.8, 4) is 0 Å². The van der Waals surface area contributed by atoms with Gasteiger partial charge < -0.3 is 20.3 Å². The van der Waals surface area contributed by atoms with Gasteiger partial charge in [0.15, 0.2) is 0 Å². The van der Waals surface area contributed by atoms with Gasteiger partial charge in [-0.2, -0.15) is 0 Å². The zero-order chi connectivity index (χ0) is 17.8. The van der Waals surface area contributed by atoms with Gasteiger partial charge in [0.2, 0.25) is 5.91 Å². The van der Waals surface area contributed by atoms with E-state index in [0.717, 1.165) is 31.1 Å². The van der Waals surface area contributed by atoms with E-state index in [9.17, 15) is 4.79 Å². The molecule has 2 aliphatic heterocycles. The summed E-state index contributed by atoms with van der Waals surface area (Å²) in [6.07, 6.45) is 2.27. The highest BCUT2D eigenvalue weighted by Crippen LogP contribution is 2.16. The zero-order valence-corrected chi connectivity index (χ0v) is 14.6. The molecule has 26 heavy (non-hydrogen) atoms. The van der Waals surface area contributed by atoms with Crippen LogP contribution in [0.5, 0.6) is 0 Å². The Bertz CT molecular complexity index is 776. The van der Waals surface area contributed by atoms with Crippen molar-refractivity contribution >= 4 is 11.7 Å². The van der Waals surface area contributed by atoms with Crippen LogP contribution in [0.4, 0.5) is 5.82 Å². The highest BCUT2D eigenvalue weighted by atomic mass is 16.5. The number of carbonyl (C=O) groups excluding carboxylic acids is 1. The largest absolute Gasteiger partial charge is 0.378 e. The molecule has 2 aliphatic rings. The highest BCUT2D eigenvalue weighted by molar-refractivity contribution is 5.82. The molecule has 1 amide bonds. The lowest BCUT2D eigenvalue weighted by Crippen LogP contribution is -2.47. The van der Waals surface area contributed by atoms with Crippen molar-refractivity contribution in [3.63, 3.8) is 0 Å². The summed E-state index contributed by atoms with van der Waals surface area (Å²) in [7, 11) is 0. The number of nitrogens with zero attached hydrogens (tertiary/aromatic N) is 3. The molecular weight excluding hydrogens is 330 g/mol. The van der Waals surface area contributed by atoms with Crippen molar-refractivity contribution < 1.29 is 9.53 Å². The van der Waals surface area contributed by atoms with Crippen LogP contribution in [0.2, 0.25) is 0 Å². The lowest BCUT2D eigenvalue weighted by Gasteiger charge is -2.28. The van der Waals surface area contributed by atoms with Crippen LogP contribution in [0.25, 0.3) is 0 Å². The SMILES string of the molecule is O=C(NCc1cc(N2CCOCC2)ncn1)[C@H]1Cc2ccccc2CN1. The minimum atomic E-state index is -0.203. The van der Waals surface area contributed by atoms with Gasteiger partial charge in [-0.15, -0.1) is 0 Å². The van der Waals surface area contributed by atoms with Crippen molar-refractivity contribution in [2.24, 2.45) is 0 Å². The fourth-order valence-electron chi connectivity index (χ4n) is 3.39. The first-order chi connectivity index (χ1) is 12.8. The number of rotatable bonds is 4. The molecule has 1 fully saturated rings. The Balaban J connectivity index is 1.35. The van der Waals surface area contributed by atoms with Crippen LogP contribution in [-0.2, 0) is 29.0 Å². The Hall–Kier alpha value is -2.51. The Morgan fingerprint density at radius 3 is 2.88 bits per heavy atom. The van der Waals surface area contributed by atoms with E-state index < -0.39 is 0 Å². The first-order valence-electron chi connectivity index (χ1n) is 9.01. The van der Waals surface area contributed by atoms with Crippen molar-refractivity contribution in [2.45, 2.75) is 25.6 Å². The molecule has 3 heterocycles. The predicted molar refractivity (Wildman–Crippen MR) is 97.7 cm³/mol. The topological polar surface area (TPSA) is 79.4 Å². The molecule has 0 radical (unpaired) electrons. The van der Waals surface area contributed by atoms with E-state index in [2.05, 4.69) is 37.6 Å². The monoisotopic (exact) mass is 353 g/mol. The molecule has 7 heteroatoms. The van der Waals surface area contributed by atoms with Crippen molar-refractivity contribution in [1.29, 1.82) is 0 Å². The van der Waals surface area contributed by atoms with Gasteiger partial charge in [-0.25, -0.2) is 9.97 Å². The number of hydrogen-bond acceptors (Lipinski definition) is 6. The molecule has 136 valence electrons. The quantitative estimate of drug-likeness (QED) is 0.840. The Morgan fingerprint density at radius 2 is 2.04 bits per heavy atom. The molecule has 1 aromatic carbocycles. The van der Waals surface area contributed by atoms with Crippen LogP contribution in [0, 0.1) is 0 Å². The van der Waals surface area contributed by atoms with Gasteiger partial charge in [0.25, 0.3) is 0 Å². The average molecular weight is 353 g/mol. The predicted octanol–water partition coefficient (Wildman–Crippen LogP) is 0.644. The molecule has 1 aromatic heterocycles. The van der Waals surface area contributed by atoms with Gasteiger partial charge in [0, 0.05) is 25.7 Å². The molecule has 1 saturated heterocycles. The molecule has 7 nitrogen and oxygen atoms in total. The van der Waals surface area contributed by atoms with Crippen molar-refractivity contribution in [2.75, 3.05) is 31.2 Å². The summed E-state index contributed by atoms with van der Waals surface area (Å²) < 4.78 is 5.37. The van der Waals surface area contributed by atoms with Gasteiger partial charge in [0.1, 0.15) is 12.1 Å². The first kappa shape index (κ1) is 16.9. The number of carbonyl (C=O) groups is 1. The molecule has 2 N–H and O–H groups in total. The third-order valence-corrected chi connectivity index (χ3v) is 4.89. The van der Waals surface area contributed by atoms with E-state index in [1.54, 1.807) is 6.33 Å². The maximum absolute atomic E-state index is 12.5. The Kier molecular flexibility index (Phi) is 5.08. The molecule has 0 bridgehead atoms. The van der Waals surface area contributed by atoms with Crippen LogP contribution in [0.3, 0.4) is 0 Å². The van der Waals surface area contributed by atoms with E-state index in [4.69, 9.17) is 4.74 Å². The van der Waals surface area contributed by atoms with Crippen LogP contribution in [0.15, 0.2) is 36.7 Å². The third kappa shape index (κ3) is 3.84. The van der Waals surface area contributed by atoms with Gasteiger partial charge in [-0.1, -0.05) is 24.3 Å². The summed E-state index contributed by atoms with van der Waals surface area (Å²) in [4.78, 5) is 23.3. The second kappa shape index (κ2) is 7.80. The fourth-order valence-corrected chi connectivity index (χ4v) is 3.39. The van der Waals surface area contributed by atoms with E-state index in [1.807, 2.05) is 18.2 Å². The smallest absolute Gasteiger partial charge is 0.237 e. The van der Waals surface area contributed by atoms with Crippen LogP contribution in [-0.4, -0.2) is 48.2 Å². The van der Waals surface area contributed by atoms with Gasteiger partial charge in [-0.05, 0) is 17.5 Å². The second-order valence-corrected chi connectivity index (χ2v) is 6.59. The maximum atomic E-state index is 12.5. The summed E-state index contributed by atoms with van der Waals surface area (Å²) in [5, 5.41) is 6.30. The molecule has 0 saturated carbocycles. The fraction of sp³-hybridized carbons (Fsp3) is 0.421. The summed E-state index contributed by atoms with van der Waals surface area (Å²) in [5.41, 5.74) is 3.32. The zero-order valence-electron chi connectivity index (χ0n) is 14.6.